The van der Waals surface area contributed by atoms with Crippen molar-refractivity contribution >= 4 is 17.3 Å². The summed E-state index contributed by atoms with van der Waals surface area (Å²) in [7, 11) is 3.05. The van der Waals surface area contributed by atoms with Crippen molar-refractivity contribution in [2.45, 2.75) is 5.92 Å². The van der Waals surface area contributed by atoms with Crippen LogP contribution in [0.3, 0.4) is 0 Å². The number of Topliss-reactive ketones (excluding diaryl/α,β-unsaturated/α-hetero) is 1. The number of hydrogen-bond donors (Lipinski definition) is 1. The number of ketones is 1. The van der Waals surface area contributed by atoms with Crippen LogP contribution in [-0.2, 0) is 14.1 Å². The van der Waals surface area contributed by atoms with Crippen LogP contribution >= 0.6 is 0 Å². The summed E-state index contributed by atoms with van der Waals surface area (Å²) in [6.07, 6.45) is 0. The van der Waals surface area contributed by atoms with Gasteiger partial charge >= 0.3 is 5.69 Å². The van der Waals surface area contributed by atoms with Crippen LogP contribution in [0.2, 0.25) is 0 Å². The molecule has 3 aromatic rings. The highest BCUT2D eigenvalue weighted by Gasteiger charge is 2.43. The van der Waals surface area contributed by atoms with Gasteiger partial charge in [-0.2, -0.15) is 0 Å². The maximum Gasteiger partial charge on any atom is 0.332 e. The number of carbonyl (C=O) groups excluding carboxylic acids is 1. The molecule has 1 atom stereocenters. The van der Waals surface area contributed by atoms with Crippen LogP contribution in [0.4, 0.5) is 5.82 Å². The molecule has 0 saturated heterocycles. The lowest BCUT2D eigenvalue weighted by Crippen LogP contribution is -2.42. The first kappa shape index (κ1) is 17.8. The van der Waals surface area contributed by atoms with Crippen LogP contribution in [0.15, 0.2) is 57.6 Å². The number of aromatic nitrogens is 2. The summed E-state index contributed by atoms with van der Waals surface area (Å²) < 4.78 is 13.4. The van der Waals surface area contributed by atoms with Crippen molar-refractivity contribution < 1.29 is 14.3 Å². The average molecular weight is 415 g/mol. The molecule has 0 unspecified atom stereocenters. The van der Waals surface area contributed by atoms with Crippen LogP contribution in [0.1, 0.15) is 33.0 Å². The van der Waals surface area contributed by atoms with Crippen molar-refractivity contribution in [3.8, 4) is 11.5 Å². The summed E-state index contributed by atoms with van der Waals surface area (Å²) in [6.45, 7) is 0.121. The van der Waals surface area contributed by atoms with Crippen LogP contribution < -0.4 is 26.0 Å². The number of nitrogens with zero attached hydrogens (tertiary/aromatic N) is 2. The summed E-state index contributed by atoms with van der Waals surface area (Å²) >= 11 is 0. The molecule has 1 N–H and O–H groups in total. The fourth-order valence-corrected chi connectivity index (χ4v) is 4.68. The third-order valence-electron chi connectivity index (χ3n) is 6.21. The van der Waals surface area contributed by atoms with Gasteiger partial charge in [-0.1, -0.05) is 30.3 Å². The van der Waals surface area contributed by atoms with Gasteiger partial charge in [-0.3, -0.25) is 18.7 Å². The Hall–Kier alpha value is -4.07. The highest BCUT2D eigenvalue weighted by atomic mass is 16.7. The summed E-state index contributed by atoms with van der Waals surface area (Å²) in [5.41, 5.74) is 2.63. The van der Waals surface area contributed by atoms with Crippen LogP contribution in [0.25, 0.3) is 5.70 Å². The van der Waals surface area contributed by atoms with E-state index < -0.39 is 17.2 Å². The maximum absolute atomic E-state index is 13.5. The third-order valence-corrected chi connectivity index (χ3v) is 6.21. The summed E-state index contributed by atoms with van der Waals surface area (Å²) in [4.78, 5) is 39.4. The minimum Gasteiger partial charge on any atom is -0.454 e. The second kappa shape index (κ2) is 5.98. The molecule has 8 nitrogen and oxygen atoms in total. The number of fused-ring (bicyclic) bond motifs is 4. The monoisotopic (exact) mass is 415 g/mol. The van der Waals surface area contributed by atoms with E-state index in [2.05, 4.69) is 5.32 Å². The Bertz CT molecular complexity index is 1480. The van der Waals surface area contributed by atoms with Crippen molar-refractivity contribution in [1.82, 2.24) is 9.13 Å². The second-order valence-electron chi connectivity index (χ2n) is 7.80. The average Bonchev–Trinajstić information content (AvgIpc) is 3.37. The van der Waals surface area contributed by atoms with E-state index in [-0.39, 0.29) is 12.6 Å². The molecule has 0 radical (unpaired) electrons. The summed E-state index contributed by atoms with van der Waals surface area (Å²) in [5.74, 6) is 0.762. The zero-order valence-electron chi connectivity index (χ0n) is 16.8. The van der Waals surface area contributed by atoms with Crippen molar-refractivity contribution in [2.75, 3.05) is 12.1 Å². The molecule has 3 heterocycles. The third kappa shape index (κ3) is 2.21. The number of benzene rings is 2. The van der Waals surface area contributed by atoms with Crippen LogP contribution in [0.5, 0.6) is 11.5 Å². The van der Waals surface area contributed by atoms with Gasteiger partial charge in [0.2, 0.25) is 6.79 Å². The number of allylic oxidation sites excluding steroid dienone is 1. The topological polar surface area (TPSA) is 91.6 Å². The van der Waals surface area contributed by atoms with Gasteiger partial charge in [0.15, 0.2) is 17.3 Å². The minimum atomic E-state index is -0.661. The van der Waals surface area contributed by atoms with Crippen molar-refractivity contribution in [2.24, 2.45) is 14.1 Å². The number of ether oxygens (including phenoxy) is 2. The molecule has 8 heteroatoms. The number of nitrogens with one attached hydrogen (secondary N) is 1. The molecule has 1 aliphatic carbocycles. The largest absolute Gasteiger partial charge is 0.454 e. The minimum absolute atomic E-state index is 0.121. The highest BCUT2D eigenvalue weighted by Crippen LogP contribution is 2.49. The van der Waals surface area contributed by atoms with E-state index in [9.17, 15) is 14.4 Å². The van der Waals surface area contributed by atoms with Gasteiger partial charge in [-0.05, 0) is 17.7 Å². The Morgan fingerprint density at radius 3 is 2.48 bits per heavy atom. The van der Waals surface area contributed by atoms with Crippen LogP contribution in [0, 0.1) is 0 Å². The smallest absolute Gasteiger partial charge is 0.332 e. The molecule has 0 spiro atoms. The molecule has 3 aliphatic rings. The molecule has 31 heavy (non-hydrogen) atoms. The number of rotatable bonds is 1. The zero-order chi connectivity index (χ0) is 21.4. The van der Waals surface area contributed by atoms with E-state index in [4.69, 9.17) is 9.47 Å². The zero-order valence-corrected chi connectivity index (χ0v) is 16.8. The fraction of sp³-hybridized carbons (Fsp3) is 0.174. The standard InChI is InChI=1S/C23H17N3O5/c1-25-21-18(22(28)26(2)23(25)29)16(11-7-8-14-15(9-11)31-10-30-14)17-19(24-21)12-5-3-4-6-13(12)20(17)27/h3-9,16,24H,10H2,1-2H3/t16-/m1/s1. The van der Waals surface area contributed by atoms with E-state index in [1.807, 2.05) is 24.3 Å². The first-order chi connectivity index (χ1) is 15.0. The van der Waals surface area contributed by atoms with E-state index in [1.54, 1.807) is 25.2 Å². The Morgan fingerprint density at radius 2 is 1.68 bits per heavy atom. The van der Waals surface area contributed by atoms with Crippen molar-refractivity contribution in [3.63, 3.8) is 0 Å². The first-order valence-electron chi connectivity index (χ1n) is 9.82. The predicted octanol–water partition coefficient (Wildman–Crippen LogP) is 1.98. The molecule has 0 fully saturated rings. The van der Waals surface area contributed by atoms with Crippen molar-refractivity contribution in [1.29, 1.82) is 0 Å². The van der Waals surface area contributed by atoms with Crippen LogP contribution in [-0.4, -0.2) is 21.7 Å². The molecule has 2 aliphatic heterocycles. The first-order valence-corrected chi connectivity index (χ1v) is 9.82. The number of carbonyl (C=O) groups is 1. The van der Waals surface area contributed by atoms with E-state index in [0.717, 1.165) is 15.7 Å². The number of hydrogen-bond acceptors (Lipinski definition) is 6. The van der Waals surface area contributed by atoms with E-state index in [0.29, 0.717) is 39.7 Å². The van der Waals surface area contributed by atoms with Gasteiger partial charge in [0.1, 0.15) is 5.82 Å². The summed E-state index contributed by atoms with van der Waals surface area (Å²) in [5, 5.41) is 3.23. The fourth-order valence-electron chi connectivity index (χ4n) is 4.68. The lowest BCUT2D eigenvalue weighted by Gasteiger charge is -2.29. The van der Waals surface area contributed by atoms with E-state index >= 15 is 0 Å². The van der Waals surface area contributed by atoms with Gasteiger partial charge in [0.25, 0.3) is 5.56 Å². The van der Waals surface area contributed by atoms with E-state index in [1.165, 1.54) is 11.6 Å². The van der Waals surface area contributed by atoms with Gasteiger partial charge in [-0.15, -0.1) is 0 Å². The predicted molar refractivity (Wildman–Crippen MR) is 113 cm³/mol. The quantitative estimate of drug-likeness (QED) is 0.654. The molecule has 1 aromatic heterocycles. The second-order valence-corrected chi connectivity index (χ2v) is 7.80. The Morgan fingerprint density at radius 1 is 0.935 bits per heavy atom. The molecular weight excluding hydrogens is 398 g/mol. The lowest BCUT2D eigenvalue weighted by molar-refractivity contribution is 0.103. The van der Waals surface area contributed by atoms with Gasteiger partial charge < -0.3 is 14.8 Å². The molecule has 154 valence electrons. The maximum atomic E-state index is 13.5. The number of anilines is 1. The van der Waals surface area contributed by atoms with Crippen molar-refractivity contribution in [3.05, 3.63) is 91.1 Å². The highest BCUT2D eigenvalue weighted by molar-refractivity contribution is 6.23. The van der Waals surface area contributed by atoms with Gasteiger partial charge in [-0.25, -0.2) is 4.79 Å². The SMILES string of the molecule is Cn1c2c(c(=O)n(C)c1=O)[C@H](c1ccc3c(c1)OCO3)C1=C(N2)c2ccccc2C1=O. The Kier molecular flexibility index (Phi) is 3.42. The summed E-state index contributed by atoms with van der Waals surface area (Å²) in [6, 6.07) is 12.7. The Balaban J connectivity index is 1.70. The van der Waals surface area contributed by atoms with Gasteiger partial charge in [0.05, 0.1) is 11.3 Å². The molecule has 6 rings (SSSR count). The molecule has 0 bridgehead atoms. The molecule has 2 aromatic carbocycles. The molecule has 0 amide bonds. The lowest BCUT2D eigenvalue weighted by atomic mass is 9.81. The van der Waals surface area contributed by atoms with Gasteiger partial charge in [0, 0.05) is 36.7 Å². The molecular formula is C23H17N3O5. The normalized spacial score (nSPS) is 17.9. The Labute approximate surface area is 176 Å². The molecule has 0 saturated carbocycles.